The number of ether oxygens (including phenoxy) is 2. The molecule has 0 unspecified atom stereocenters. The molecule has 4 heteroatoms. The van der Waals surface area contributed by atoms with Gasteiger partial charge in [0, 0.05) is 0 Å². The Labute approximate surface area is 64.0 Å². The first-order valence-corrected chi connectivity index (χ1v) is 3.80. The maximum absolute atomic E-state index is 5.52. The van der Waals surface area contributed by atoms with Crippen LogP contribution in [-0.2, 0) is 9.47 Å². The fraction of sp³-hybridized carbons (Fsp3) is 1.00. The molecule has 9 heavy (non-hydrogen) atoms. The second-order valence-corrected chi connectivity index (χ2v) is 2.45. The van der Waals surface area contributed by atoms with Gasteiger partial charge in [0.25, 0.3) is 0 Å². The second-order valence-electron chi connectivity index (χ2n) is 1.84. The number of hydrogen-bond donors (Lipinski definition) is 0. The third-order valence-electron chi connectivity index (χ3n) is 1.28. The van der Waals surface area contributed by atoms with Crippen molar-refractivity contribution in [3.8, 4) is 0 Å². The van der Waals surface area contributed by atoms with Gasteiger partial charge in [0.1, 0.15) is 19.0 Å². The Morgan fingerprint density at radius 3 is 1.89 bits per heavy atom. The van der Waals surface area contributed by atoms with E-state index in [0.29, 0.717) is 18.6 Å². The highest BCUT2D eigenvalue weighted by atomic mass is 35.5. The largest absolute Gasteiger partial charge is 0.348 e. The molecular formula is C5H8Cl2O2. The van der Waals surface area contributed by atoms with E-state index in [1.165, 1.54) is 0 Å². The molecular weight excluding hydrogens is 163 g/mol. The van der Waals surface area contributed by atoms with Gasteiger partial charge < -0.3 is 9.47 Å². The Morgan fingerprint density at radius 1 is 1.11 bits per heavy atom. The maximum atomic E-state index is 5.52. The molecule has 54 valence electrons. The van der Waals surface area contributed by atoms with Gasteiger partial charge in [-0.1, -0.05) is 0 Å². The topological polar surface area (TPSA) is 18.5 Å². The molecule has 0 bridgehead atoms. The lowest BCUT2D eigenvalue weighted by Crippen LogP contribution is -2.25. The van der Waals surface area contributed by atoms with Crippen molar-refractivity contribution in [2.75, 3.05) is 18.6 Å². The van der Waals surface area contributed by atoms with Crippen LogP contribution >= 0.6 is 23.2 Å². The van der Waals surface area contributed by atoms with E-state index in [0.717, 1.165) is 0 Å². The van der Waals surface area contributed by atoms with Gasteiger partial charge in [0.05, 0.1) is 11.8 Å². The summed E-state index contributed by atoms with van der Waals surface area (Å²) in [5.41, 5.74) is 0. The van der Waals surface area contributed by atoms with Crippen LogP contribution in [0, 0.1) is 0 Å². The molecule has 0 aromatic rings. The summed E-state index contributed by atoms with van der Waals surface area (Å²) >= 11 is 11.0. The highest BCUT2D eigenvalue weighted by Gasteiger charge is 2.27. The van der Waals surface area contributed by atoms with Crippen LogP contribution in [0.4, 0.5) is 0 Å². The molecule has 2 atom stereocenters. The predicted octanol–water partition coefficient (Wildman–Crippen LogP) is 1.21. The molecule has 1 fully saturated rings. The molecule has 0 N–H and O–H groups in total. The third kappa shape index (κ3) is 1.71. The summed E-state index contributed by atoms with van der Waals surface area (Å²) in [6.07, 6.45) is -0.0201. The smallest absolute Gasteiger partial charge is 0.147 e. The average Bonchev–Trinajstić information content (AvgIpc) is 2.33. The van der Waals surface area contributed by atoms with Crippen molar-refractivity contribution < 1.29 is 9.47 Å². The lowest BCUT2D eigenvalue weighted by molar-refractivity contribution is 0.0441. The third-order valence-corrected chi connectivity index (χ3v) is 1.89. The summed E-state index contributed by atoms with van der Waals surface area (Å²) < 4.78 is 10.1. The molecule has 0 aromatic carbocycles. The first kappa shape index (κ1) is 7.61. The van der Waals surface area contributed by atoms with E-state index in [9.17, 15) is 0 Å². The summed E-state index contributed by atoms with van der Waals surface area (Å²) in [6, 6.07) is 0. The molecule has 0 spiro atoms. The zero-order chi connectivity index (χ0) is 6.69. The van der Waals surface area contributed by atoms with Crippen molar-refractivity contribution in [2.24, 2.45) is 0 Å². The van der Waals surface area contributed by atoms with Crippen LogP contribution < -0.4 is 0 Å². The van der Waals surface area contributed by atoms with E-state index in [2.05, 4.69) is 0 Å². The molecule has 0 saturated carbocycles. The number of halogens is 2. The van der Waals surface area contributed by atoms with Gasteiger partial charge in [-0.3, -0.25) is 0 Å². The van der Waals surface area contributed by atoms with E-state index in [1.54, 1.807) is 0 Å². The highest BCUT2D eigenvalue weighted by molar-refractivity contribution is 6.19. The van der Waals surface area contributed by atoms with Crippen LogP contribution in [-0.4, -0.2) is 30.8 Å². The van der Waals surface area contributed by atoms with Gasteiger partial charge in [-0.15, -0.1) is 23.2 Å². The Morgan fingerprint density at radius 2 is 1.56 bits per heavy atom. The fourth-order valence-corrected chi connectivity index (χ4v) is 1.29. The molecule has 1 rings (SSSR count). The summed E-state index contributed by atoms with van der Waals surface area (Å²) in [6.45, 7) is 0.328. The van der Waals surface area contributed by atoms with Gasteiger partial charge >= 0.3 is 0 Å². The number of rotatable bonds is 2. The standard InChI is InChI=1S/C5H8Cl2O2/c6-1-4-5(2-7)9-3-8-4/h4-5H,1-3H2/t4-,5-/m0/s1. The molecule has 2 nitrogen and oxygen atoms in total. The van der Waals surface area contributed by atoms with Crippen LogP contribution in [0.3, 0.4) is 0 Å². The molecule has 0 amide bonds. The zero-order valence-electron chi connectivity index (χ0n) is 4.85. The predicted molar refractivity (Wildman–Crippen MR) is 36.1 cm³/mol. The van der Waals surface area contributed by atoms with Gasteiger partial charge in [-0.2, -0.15) is 0 Å². The van der Waals surface area contributed by atoms with Gasteiger partial charge in [-0.25, -0.2) is 0 Å². The highest BCUT2D eigenvalue weighted by Crippen LogP contribution is 2.14. The lowest BCUT2D eigenvalue weighted by atomic mass is 10.3. The van der Waals surface area contributed by atoms with Crippen LogP contribution in [0.25, 0.3) is 0 Å². The summed E-state index contributed by atoms with van der Waals surface area (Å²) in [5.74, 6) is 0.911. The SMILES string of the molecule is ClC[C@@H]1OCO[C@H]1CCl. The summed E-state index contributed by atoms with van der Waals surface area (Å²) in [5, 5.41) is 0. The van der Waals surface area contributed by atoms with E-state index in [4.69, 9.17) is 32.7 Å². The lowest BCUT2D eigenvalue weighted by Gasteiger charge is -2.09. The molecule has 1 aliphatic heterocycles. The minimum absolute atomic E-state index is 0.0100. The molecule has 1 heterocycles. The van der Waals surface area contributed by atoms with E-state index in [1.807, 2.05) is 0 Å². The van der Waals surface area contributed by atoms with Crippen LogP contribution in [0.5, 0.6) is 0 Å². The van der Waals surface area contributed by atoms with Crippen molar-refractivity contribution in [2.45, 2.75) is 12.2 Å². The number of alkyl halides is 2. The van der Waals surface area contributed by atoms with E-state index in [-0.39, 0.29) is 12.2 Å². The minimum atomic E-state index is -0.0100. The number of hydrogen-bond acceptors (Lipinski definition) is 2. The molecule has 1 aliphatic rings. The Balaban J connectivity index is 2.32. The summed E-state index contributed by atoms with van der Waals surface area (Å²) in [4.78, 5) is 0. The minimum Gasteiger partial charge on any atom is -0.348 e. The van der Waals surface area contributed by atoms with Gasteiger partial charge in [-0.05, 0) is 0 Å². The molecule has 0 radical (unpaired) electrons. The molecule has 0 aromatic heterocycles. The Hall–Kier alpha value is 0.500. The van der Waals surface area contributed by atoms with Crippen molar-refractivity contribution in [3.63, 3.8) is 0 Å². The van der Waals surface area contributed by atoms with Crippen molar-refractivity contribution >= 4 is 23.2 Å². The summed E-state index contributed by atoms with van der Waals surface area (Å²) in [7, 11) is 0. The van der Waals surface area contributed by atoms with E-state index < -0.39 is 0 Å². The van der Waals surface area contributed by atoms with Crippen LogP contribution in [0.2, 0.25) is 0 Å². The van der Waals surface area contributed by atoms with Crippen molar-refractivity contribution in [3.05, 3.63) is 0 Å². The van der Waals surface area contributed by atoms with Crippen molar-refractivity contribution in [1.29, 1.82) is 0 Å². The molecule has 1 saturated heterocycles. The average molecular weight is 171 g/mol. The van der Waals surface area contributed by atoms with Crippen LogP contribution in [0.15, 0.2) is 0 Å². The van der Waals surface area contributed by atoms with Gasteiger partial charge in [0.15, 0.2) is 0 Å². The normalized spacial score (nSPS) is 35.3. The maximum Gasteiger partial charge on any atom is 0.147 e. The first-order valence-electron chi connectivity index (χ1n) is 2.73. The van der Waals surface area contributed by atoms with E-state index >= 15 is 0 Å². The Kier molecular flexibility index (Phi) is 3.06. The first-order chi connectivity index (χ1) is 4.38. The molecule has 0 aliphatic carbocycles. The Bertz CT molecular complexity index is 79.0. The quantitative estimate of drug-likeness (QED) is 0.581. The fourth-order valence-electron chi connectivity index (χ4n) is 0.717. The second kappa shape index (κ2) is 3.62. The van der Waals surface area contributed by atoms with Crippen LogP contribution in [0.1, 0.15) is 0 Å². The zero-order valence-corrected chi connectivity index (χ0v) is 6.36. The monoisotopic (exact) mass is 170 g/mol. The van der Waals surface area contributed by atoms with Crippen molar-refractivity contribution in [1.82, 2.24) is 0 Å². The van der Waals surface area contributed by atoms with Gasteiger partial charge in [0.2, 0.25) is 0 Å².